The van der Waals surface area contributed by atoms with Crippen LogP contribution in [0.5, 0.6) is 0 Å². The third kappa shape index (κ3) is 1.40. The average Bonchev–Trinajstić information content (AvgIpc) is 2.77. The van der Waals surface area contributed by atoms with Crippen molar-refractivity contribution in [3.63, 3.8) is 0 Å². The number of piperidine rings is 1. The molecule has 5 nitrogen and oxygen atoms in total. The Morgan fingerprint density at radius 3 is 3.19 bits per heavy atom. The number of fused-ring (bicyclic) bond motifs is 1. The fourth-order valence-corrected chi connectivity index (χ4v) is 2.11. The summed E-state index contributed by atoms with van der Waals surface area (Å²) in [5.74, 6) is 0.895. The third-order valence-electron chi connectivity index (χ3n) is 2.94. The Balaban J connectivity index is 2.10. The van der Waals surface area contributed by atoms with E-state index in [9.17, 15) is 4.79 Å². The number of carbonyl (C=O) groups is 1. The van der Waals surface area contributed by atoms with Crippen molar-refractivity contribution in [2.75, 3.05) is 13.1 Å². The van der Waals surface area contributed by atoms with Gasteiger partial charge in [0.1, 0.15) is 17.3 Å². The lowest BCUT2D eigenvalue weighted by Gasteiger charge is -2.21. The summed E-state index contributed by atoms with van der Waals surface area (Å²) in [6.45, 7) is 1.44. The van der Waals surface area contributed by atoms with E-state index in [1.54, 1.807) is 12.4 Å². The molecule has 0 radical (unpaired) electrons. The van der Waals surface area contributed by atoms with Gasteiger partial charge in [0.2, 0.25) is 0 Å². The summed E-state index contributed by atoms with van der Waals surface area (Å²) in [5, 5.41) is 3.23. The molecule has 2 aromatic rings. The monoisotopic (exact) mass is 216 g/mol. The number of Topliss-reactive ketones (excluding diaryl/α,β-unsaturated/α-hetero) is 1. The van der Waals surface area contributed by atoms with Crippen LogP contribution in [0.4, 0.5) is 0 Å². The van der Waals surface area contributed by atoms with Crippen LogP contribution < -0.4 is 5.32 Å². The molecule has 1 aliphatic rings. The van der Waals surface area contributed by atoms with E-state index in [1.807, 2.05) is 16.7 Å². The van der Waals surface area contributed by atoms with Crippen LogP contribution in [-0.2, 0) is 4.79 Å². The molecule has 1 unspecified atom stereocenters. The van der Waals surface area contributed by atoms with Gasteiger partial charge in [-0.3, -0.25) is 9.20 Å². The van der Waals surface area contributed by atoms with Gasteiger partial charge in [0, 0.05) is 38.1 Å². The van der Waals surface area contributed by atoms with Gasteiger partial charge < -0.3 is 5.32 Å². The summed E-state index contributed by atoms with van der Waals surface area (Å²) in [6, 6.07) is 1.84. The SMILES string of the molecule is O=C1CCNCC1c1nccc2nccn12. The number of hydrogen-bond donors (Lipinski definition) is 1. The molecule has 1 aliphatic heterocycles. The lowest BCUT2D eigenvalue weighted by Crippen LogP contribution is -2.36. The number of carbonyl (C=O) groups excluding carboxylic acids is 1. The predicted octanol–water partition coefficient (Wildman–Crippen LogP) is 0.375. The van der Waals surface area contributed by atoms with Gasteiger partial charge in [0.05, 0.1) is 5.92 Å². The standard InChI is InChI=1S/C11H12N4O/c16-9-1-3-12-7-8(9)11-14-4-2-10-13-5-6-15(10)11/h2,4-6,8,12H,1,3,7H2. The van der Waals surface area contributed by atoms with Crippen molar-refractivity contribution in [1.29, 1.82) is 0 Å². The summed E-state index contributed by atoms with van der Waals surface area (Å²) in [5.41, 5.74) is 0.836. The van der Waals surface area contributed by atoms with E-state index in [0.717, 1.165) is 18.0 Å². The molecule has 3 heterocycles. The van der Waals surface area contributed by atoms with Crippen LogP contribution in [0, 0.1) is 0 Å². The van der Waals surface area contributed by atoms with E-state index in [-0.39, 0.29) is 11.7 Å². The highest BCUT2D eigenvalue weighted by molar-refractivity contribution is 5.86. The first kappa shape index (κ1) is 9.47. The van der Waals surface area contributed by atoms with Gasteiger partial charge in [-0.25, -0.2) is 9.97 Å². The molecule has 2 aromatic heterocycles. The van der Waals surface area contributed by atoms with Crippen LogP contribution >= 0.6 is 0 Å². The van der Waals surface area contributed by atoms with Crippen molar-refractivity contribution in [3.05, 3.63) is 30.5 Å². The quantitative estimate of drug-likeness (QED) is 0.748. The summed E-state index contributed by atoms with van der Waals surface area (Å²) in [7, 11) is 0. The lowest BCUT2D eigenvalue weighted by atomic mass is 9.97. The van der Waals surface area contributed by atoms with Crippen molar-refractivity contribution in [3.8, 4) is 0 Å². The van der Waals surface area contributed by atoms with Gasteiger partial charge in [-0.1, -0.05) is 0 Å². The molecule has 1 atom stereocenters. The Labute approximate surface area is 92.5 Å². The molecule has 0 bridgehead atoms. The molecule has 1 fully saturated rings. The molecule has 5 heteroatoms. The first-order valence-corrected chi connectivity index (χ1v) is 5.37. The van der Waals surface area contributed by atoms with E-state index >= 15 is 0 Å². The molecule has 0 aromatic carbocycles. The summed E-state index contributed by atoms with van der Waals surface area (Å²) < 4.78 is 1.88. The highest BCUT2D eigenvalue weighted by atomic mass is 16.1. The molecular weight excluding hydrogens is 204 g/mol. The van der Waals surface area contributed by atoms with Crippen LogP contribution in [0.1, 0.15) is 18.2 Å². The molecular formula is C11H12N4O. The zero-order valence-corrected chi connectivity index (χ0v) is 8.76. The number of rotatable bonds is 1. The van der Waals surface area contributed by atoms with Crippen molar-refractivity contribution in [2.24, 2.45) is 0 Å². The Morgan fingerprint density at radius 2 is 2.31 bits per heavy atom. The van der Waals surface area contributed by atoms with Crippen LogP contribution in [0.3, 0.4) is 0 Å². The third-order valence-corrected chi connectivity index (χ3v) is 2.94. The van der Waals surface area contributed by atoms with E-state index < -0.39 is 0 Å². The molecule has 1 saturated heterocycles. The van der Waals surface area contributed by atoms with Crippen molar-refractivity contribution in [1.82, 2.24) is 19.7 Å². The number of imidazole rings is 1. The second-order valence-electron chi connectivity index (χ2n) is 3.93. The highest BCUT2D eigenvalue weighted by Gasteiger charge is 2.26. The number of aromatic nitrogens is 3. The molecule has 0 aliphatic carbocycles. The Bertz CT molecular complexity index is 534. The second kappa shape index (κ2) is 3.68. The minimum atomic E-state index is -0.147. The Hall–Kier alpha value is -1.75. The Morgan fingerprint density at radius 1 is 1.38 bits per heavy atom. The zero-order chi connectivity index (χ0) is 11.0. The fourth-order valence-electron chi connectivity index (χ4n) is 2.11. The number of hydrogen-bond acceptors (Lipinski definition) is 4. The second-order valence-corrected chi connectivity index (χ2v) is 3.93. The van der Waals surface area contributed by atoms with Gasteiger partial charge in [-0.2, -0.15) is 0 Å². The molecule has 0 spiro atoms. The van der Waals surface area contributed by atoms with E-state index in [0.29, 0.717) is 13.0 Å². The number of nitrogens with zero attached hydrogens (tertiary/aromatic N) is 3. The topological polar surface area (TPSA) is 59.3 Å². The van der Waals surface area contributed by atoms with Gasteiger partial charge in [-0.15, -0.1) is 0 Å². The number of nitrogens with one attached hydrogen (secondary N) is 1. The molecule has 0 saturated carbocycles. The zero-order valence-electron chi connectivity index (χ0n) is 8.76. The minimum Gasteiger partial charge on any atom is -0.315 e. The maximum Gasteiger partial charge on any atom is 0.146 e. The number of ketones is 1. The van der Waals surface area contributed by atoms with Crippen molar-refractivity contribution in [2.45, 2.75) is 12.3 Å². The maximum absolute atomic E-state index is 11.8. The largest absolute Gasteiger partial charge is 0.315 e. The molecule has 0 amide bonds. The molecule has 82 valence electrons. The highest BCUT2D eigenvalue weighted by Crippen LogP contribution is 2.18. The predicted molar refractivity (Wildman–Crippen MR) is 58.2 cm³/mol. The summed E-state index contributed by atoms with van der Waals surface area (Å²) in [6.07, 6.45) is 5.86. The minimum absolute atomic E-state index is 0.147. The lowest BCUT2D eigenvalue weighted by molar-refractivity contribution is -0.121. The first-order chi connectivity index (χ1) is 7.86. The fraction of sp³-hybridized carbons (Fsp3) is 0.364. The normalized spacial score (nSPS) is 21.5. The van der Waals surface area contributed by atoms with Crippen molar-refractivity contribution >= 4 is 11.4 Å². The van der Waals surface area contributed by atoms with E-state index in [4.69, 9.17) is 0 Å². The average molecular weight is 216 g/mol. The Kier molecular flexibility index (Phi) is 2.18. The molecule has 16 heavy (non-hydrogen) atoms. The van der Waals surface area contributed by atoms with Crippen LogP contribution in [0.25, 0.3) is 5.65 Å². The maximum atomic E-state index is 11.8. The van der Waals surface area contributed by atoms with Gasteiger partial charge in [0.25, 0.3) is 0 Å². The van der Waals surface area contributed by atoms with Crippen LogP contribution in [-0.4, -0.2) is 33.2 Å². The van der Waals surface area contributed by atoms with Crippen molar-refractivity contribution < 1.29 is 4.79 Å². The van der Waals surface area contributed by atoms with Gasteiger partial charge in [0.15, 0.2) is 0 Å². The van der Waals surface area contributed by atoms with E-state index in [1.165, 1.54) is 0 Å². The smallest absolute Gasteiger partial charge is 0.146 e. The summed E-state index contributed by atoms with van der Waals surface area (Å²) in [4.78, 5) is 20.4. The van der Waals surface area contributed by atoms with Gasteiger partial charge >= 0.3 is 0 Å². The van der Waals surface area contributed by atoms with E-state index in [2.05, 4.69) is 15.3 Å². The van der Waals surface area contributed by atoms with Gasteiger partial charge in [-0.05, 0) is 6.07 Å². The summed E-state index contributed by atoms with van der Waals surface area (Å²) >= 11 is 0. The molecule has 3 rings (SSSR count). The molecule has 1 N–H and O–H groups in total. The first-order valence-electron chi connectivity index (χ1n) is 5.37. The van der Waals surface area contributed by atoms with Crippen LogP contribution in [0.2, 0.25) is 0 Å². The van der Waals surface area contributed by atoms with Crippen LogP contribution in [0.15, 0.2) is 24.7 Å².